The molecule has 6 heteroatoms. The number of sulfone groups is 1. The molecule has 0 saturated heterocycles. The van der Waals surface area contributed by atoms with Crippen LogP contribution in [0.25, 0.3) is 0 Å². The molecule has 1 rings (SSSR count). The molecule has 0 aromatic carbocycles. The summed E-state index contributed by atoms with van der Waals surface area (Å²) in [6, 6.07) is 0. The van der Waals surface area contributed by atoms with Gasteiger partial charge in [-0.15, -0.1) is 0 Å². The van der Waals surface area contributed by atoms with Crippen LogP contribution < -0.4 is 5.32 Å². The molecule has 0 bridgehead atoms. The molecule has 0 aliphatic carbocycles. The smallest absolute Gasteiger partial charge is 0.156 e. The second kappa shape index (κ2) is 5.02. The van der Waals surface area contributed by atoms with E-state index in [1.165, 1.54) is 6.26 Å². The zero-order valence-electron chi connectivity index (χ0n) is 8.49. The summed E-state index contributed by atoms with van der Waals surface area (Å²) in [7, 11) is -2.86. The second-order valence-corrected chi connectivity index (χ2v) is 6.89. The summed E-state index contributed by atoms with van der Waals surface area (Å²) in [5.41, 5.74) is 0. The van der Waals surface area contributed by atoms with E-state index in [2.05, 4.69) is 17.2 Å². The minimum absolute atomic E-state index is 0.169. The highest BCUT2D eigenvalue weighted by Gasteiger charge is 2.11. The van der Waals surface area contributed by atoms with E-state index in [-0.39, 0.29) is 5.75 Å². The largest absolute Gasteiger partial charge is 0.364 e. The van der Waals surface area contributed by atoms with Crippen molar-refractivity contribution < 1.29 is 8.42 Å². The lowest BCUT2D eigenvalue weighted by molar-refractivity contribution is 0.600. The molecule has 1 heterocycles. The van der Waals surface area contributed by atoms with Gasteiger partial charge in [0.05, 0.1) is 5.75 Å². The van der Waals surface area contributed by atoms with Gasteiger partial charge in [0.25, 0.3) is 0 Å². The van der Waals surface area contributed by atoms with Crippen molar-refractivity contribution in [3.8, 4) is 0 Å². The first-order chi connectivity index (χ1) is 6.47. The molecule has 4 nitrogen and oxygen atoms in total. The maximum absolute atomic E-state index is 10.8. The Kier molecular flexibility index (Phi) is 4.25. The van der Waals surface area contributed by atoms with Crippen LogP contribution in [0.1, 0.15) is 6.92 Å². The lowest BCUT2D eigenvalue weighted by Gasteiger charge is -2.17. The number of hydrogen-bond acceptors (Lipinski definition) is 5. The monoisotopic (exact) mass is 236 g/mol. The van der Waals surface area contributed by atoms with Crippen LogP contribution in [0.5, 0.6) is 0 Å². The van der Waals surface area contributed by atoms with Crippen LogP contribution in [0.4, 0.5) is 0 Å². The van der Waals surface area contributed by atoms with Crippen LogP contribution in [0.3, 0.4) is 0 Å². The van der Waals surface area contributed by atoms with Gasteiger partial charge in [0.1, 0.15) is 9.84 Å². The molecule has 0 spiro atoms. The highest BCUT2D eigenvalue weighted by atomic mass is 32.2. The van der Waals surface area contributed by atoms with Gasteiger partial charge < -0.3 is 5.32 Å². The Morgan fingerprint density at radius 1 is 1.64 bits per heavy atom. The van der Waals surface area contributed by atoms with Gasteiger partial charge in [-0.25, -0.2) is 8.42 Å². The van der Waals surface area contributed by atoms with Gasteiger partial charge in [-0.1, -0.05) is 18.7 Å². The van der Waals surface area contributed by atoms with Gasteiger partial charge >= 0.3 is 0 Å². The summed E-state index contributed by atoms with van der Waals surface area (Å²) in [6.07, 6.45) is 1.24. The summed E-state index contributed by atoms with van der Waals surface area (Å²) in [6.45, 7) is 3.46. The molecule has 0 fully saturated rings. The molecule has 14 heavy (non-hydrogen) atoms. The Balaban J connectivity index is 2.26. The fraction of sp³-hybridized carbons (Fsp3) is 0.875. The Bertz CT molecular complexity index is 311. The highest BCUT2D eigenvalue weighted by Crippen LogP contribution is 2.15. The molecule has 1 aliphatic heterocycles. The number of nitrogens with one attached hydrogen (secondary N) is 1. The molecular weight excluding hydrogens is 220 g/mol. The van der Waals surface area contributed by atoms with Crippen molar-refractivity contribution in [2.24, 2.45) is 10.9 Å². The van der Waals surface area contributed by atoms with Gasteiger partial charge in [-0.3, -0.25) is 4.99 Å². The number of nitrogens with zero attached hydrogens (tertiary/aromatic N) is 1. The van der Waals surface area contributed by atoms with E-state index in [0.29, 0.717) is 12.5 Å². The summed E-state index contributed by atoms with van der Waals surface area (Å²) in [5.74, 6) is 1.85. The molecule has 1 atom stereocenters. The first-order valence-electron chi connectivity index (χ1n) is 4.56. The van der Waals surface area contributed by atoms with Crippen LogP contribution in [0.2, 0.25) is 0 Å². The number of amidine groups is 1. The average Bonchev–Trinajstić information content (AvgIpc) is 2.06. The molecule has 1 unspecified atom stereocenters. The third-order valence-corrected chi connectivity index (χ3v) is 4.03. The molecule has 0 saturated carbocycles. The molecule has 0 aromatic rings. The van der Waals surface area contributed by atoms with Crippen LogP contribution in [0.15, 0.2) is 4.99 Å². The van der Waals surface area contributed by atoms with Crippen molar-refractivity contribution in [1.29, 1.82) is 0 Å². The molecule has 0 amide bonds. The van der Waals surface area contributed by atoms with E-state index in [1.807, 2.05) is 0 Å². The van der Waals surface area contributed by atoms with Crippen molar-refractivity contribution in [3.05, 3.63) is 0 Å². The van der Waals surface area contributed by atoms with Crippen molar-refractivity contribution >= 4 is 26.8 Å². The van der Waals surface area contributed by atoms with Crippen molar-refractivity contribution in [3.63, 3.8) is 0 Å². The van der Waals surface area contributed by atoms with Crippen LogP contribution in [-0.4, -0.2) is 44.4 Å². The van der Waals surface area contributed by atoms with Crippen LogP contribution in [-0.2, 0) is 9.84 Å². The molecule has 0 aromatic heterocycles. The van der Waals surface area contributed by atoms with E-state index in [0.717, 1.165) is 17.5 Å². The van der Waals surface area contributed by atoms with E-state index in [9.17, 15) is 8.42 Å². The first kappa shape index (κ1) is 11.8. The molecule has 1 N–H and O–H groups in total. The van der Waals surface area contributed by atoms with Gasteiger partial charge in [0.2, 0.25) is 0 Å². The SMILES string of the molecule is CC1CN=C(NCCS(C)(=O)=O)SC1. The third kappa shape index (κ3) is 4.85. The highest BCUT2D eigenvalue weighted by molar-refractivity contribution is 8.13. The number of hydrogen-bond donors (Lipinski definition) is 1. The quantitative estimate of drug-likeness (QED) is 0.768. The lowest BCUT2D eigenvalue weighted by atomic mass is 10.2. The summed E-state index contributed by atoms with van der Waals surface area (Å²) >= 11 is 1.67. The molecule has 1 aliphatic rings. The molecule has 82 valence electrons. The van der Waals surface area contributed by atoms with E-state index in [1.54, 1.807) is 11.8 Å². The third-order valence-electron chi connectivity index (χ3n) is 1.80. The van der Waals surface area contributed by atoms with Gasteiger partial charge in [0, 0.05) is 25.1 Å². The van der Waals surface area contributed by atoms with Crippen molar-refractivity contribution in [2.45, 2.75) is 6.92 Å². The maximum atomic E-state index is 10.8. The molecule has 0 radical (unpaired) electrons. The van der Waals surface area contributed by atoms with Gasteiger partial charge in [-0.2, -0.15) is 0 Å². The van der Waals surface area contributed by atoms with Crippen LogP contribution in [0, 0.1) is 5.92 Å². The standard InChI is InChI=1S/C8H16N2O2S2/c1-7-5-10-8(13-6-7)9-3-4-14(2,11)12/h7H,3-6H2,1-2H3,(H,9,10). The normalized spacial score (nSPS) is 23.0. The van der Waals surface area contributed by atoms with E-state index < -0.39 is 9.84 Å². The Labute approximate surface area is 89.5 Å². The zero-order chi connectivity index (χ0) is 10.6. The Morgan fingerprint density at radius 2 is 2.36 bits per heavy atom. The number of aliphatic imine (C=N–C) groups is 1. The maximum Gasteiger partial charge on any atom is 0.156 e. The first-order valence-corrected chi connectivity index (χ1v) is 7.61. The number of thioether (sulfide) groups is 1. The summed E-state index contributed by atoms with van der Waals surface area (Å²) < 4.78 is 21.7. The van der Waals surface area contributed by atoms with Gasteiger partial charge in [0.15, 0.2) is 5.17 Å². The lowest BCUT2D eigenvalue weighted by Crippen LogP contribution is -2.30. The topological polar surface area (TPSA) is 58.5 Å². The molecular formula is C8H16N2O2S2. The fourth-order valence-corrected chi connectivity index (χ4v) is 2.40. The van der Waals surface area contributed by atoms with E-state index >= 15 is 0 Å². The summed E-state index contributed by atoms with van der Waals surface area (Å²) in [4.78, 5) is 4.30. The van der Waals surface area contributed by atoms with E-state index in [4.69, 9.17) is 0 Å². The Morgan fingerprint density at radius 3 is 2.86 bits per heavy atom. The predicted octanol–water partition coefficient (Wildman–Crippen LogP) is 0.360. The van der Waals surface area contributed by atoms with Crippen LogP contribution >= 0.6 is 11.8 Å². The minimum atomic E-state index is -2.86. The van der Waals surface area contributed by atoms with Gasteiger partial charge in [-0.05, 0) is 5.92 Å². The average molecular weight is 236 g/mol. The van der Waals surface area contributed by atoms with Crippen molar-refractivity contribution in [1.82, 2.24) is 5.32 Å². The number of rotatable bonds is 3. The zero-order valence-corrected chi connectivity index (χ0v) is 10.1. The fourth-order valence-electron chi connectivity index (χ4n) is 1.01. The Hall–Kier alpha value is -0.230. The minimum Gasteiger partial charge on any atom is -0.364 e. The summed E-state index contributed by atoms with van der Waals surface area (Å²) in [5, 5.41) is 3.91. The predicted molar refractivity (Wildman–Crippen MR) is 61.6 cm³/mol. The second-order valence-electron chi connectivity index (χ2n) is 3.62. The van der Waals surface area contributed by atoms with Crippen molar-refractivity contribution in [2.75, 3.05) is 30.9 Å².